The normalized spacial score (nSPS) is 15.4. The number of ether oxygens (including phenoxy) is 1. The van der Waals surface area contributed by atoms with Crippen molar-refractivity contribution < 1.29 is 9.53 Å². The fourth-order valence-electron chi connectivity index (χ4n) is 3.13. The molecule has 3 aromatic rings. The molecular weight excluding hydrogens is 350 g/mol. The van der Waals surface area contributed by atoms with E-state index in [4.69, 9.17) is 9.73 Å². The zero-order chi connectivity index (χ0) is 19.2. The first-order valence-corrected chi connectivity index (χ1v) is 9.23. The maximum Gasteiger partial charge on any atom is 0.409 e. The van der Waals surface area contributed by atoms with Crippen LogP contribution in [-0.4, -0.2) is 24.5 Å². The van der Waals surface area contributed by atoms with Crippen molar-refractivity contribution in [2.24, 2.45) is 4.99 Å². The van der Waals surface area contributed by atoms with Gasteiger partial charge in [0.15, 0.2) is 0 Å². The van der Waals surface area contributed by atoms with Gasteiger partial charge in [-0.1, -0.05) is 78.9 Å². The minimum Gasteiger partial charge on any atom is -0.445 e. The van der Waals surface area contributed by atoms with E-state index in [1.54, 1.807) is 0 Å². The van der Waals surface area contributed by atoms with Gasteiger partial charge in [0.05, 0.1) is 12.3 Å². The van der Waals surface area contributed by atoms with Crippen LogP contribution in [0.4, 0.5) is 10.5 Å². The Balaban J connectivity index is 1.52. The molecule has 4 rings (SSSR count). The van der Waals surface area contributed by atoms with E-state index in [-0.39, 0.29) is 6.61 Å². The number of amides is 1. The second-order valence-corrected chi connectivity index (χ2v) is 6.49. The lowest BCUT2D eigenvalue weighted by Gasteiger charge is -2.14. The predicted molar refractivity (Wildman–Crippen MR) is 111 cm³/mol. The quantitative estimate of drug-likeness (QED) is 0.722. The molecule has 0 saturated heterocycles. The number of hydrogen-bond acceptors (Lipinski definition) is 4. The molecule has 0 aliphatic carbocycles. The monoisotopic (exact) mass is 371 g/mol. The standard InChI is InChI=1S/C23H21N3O2/c27-23(28-16-17-9-3-1-4-10-17)26-21-15-24-20-14-8-7-13-19(20)22(25-21)18-11-5-2-6-12-18/h1-14,21,24H,15-16H2,(H,26,27). The van der Waals surface area contributed by atoms with Crippen LogP contribution in [0.25, 0.3) is 0 Å². The van der Waals surface area contributed by atoms with Crippen LogP contribution in [0.3, 0.4) is 0 Å². The zero-order valence-corrected chi connectivity index (χ0v) is 15.3. The number of para-hydroxylation sites is 1. The summed E-state index contributed by atoms with van der Waals surface area (Å²) in [6, 6.07) is 27.6. The number of rotatable bonds is 4. The van der Waals surface area contributed by atoms with Gasteiger partial charge in [-0.3, -0.25) is 10.3 Å². The van der Waals surface area contributed by atoms with Crippen molar-refractivity contribution in [1.82, 2.24) is 5.32 Å². The van der Waals surface area contributed by atoms with Gasteiger partial charge < -0.3 is 10.1 Å². The summed E-state index contributed by atoms with van der Waals surface area (Å²) in [5, 5.41) is 6.22. The van der Waals surface area contributed by atoms with Crippen molar-refractivity contribution in [2.75, 3.05) is 11.9 Å². The number of anilines is 1. The molecule has 5 heteroatoms. The molecule has 1 aliphatic rings. The molecule has 0 bridgehead atoms. The SMILES string of the molecule is O=C(NC1CNc2ccccc2C(c2ccccc2)=N1)OCc1ccccc1. The second-order valence-electron chi connectivity index (χ2n) is 6.49. The molecule has 0 aromatic heterocycles. The van der Waals surface area contributed by atoms with Crippen LogP contribution in [-0.2, 0) is 11.3 Å². The highest BCUT2D eigenvalue weighted by atomic mass is 16.5. The molecule has 0 fully saturated rings. The number of nitrogens with one attached hydrogen (secondary N) is 2. The molecule has 28 heavy (non-hydrogen) atoms. The highest BCUT2D eigenvalue weighted by molar-refractivity contribution is 6.16. The molecule has 1 atom stereocenters. The van der Waals surface area contributed by atoms with E-state index in [1.807, 2.05) is 84.9 Å². The maximum absolute atomic E-state index is 12.3. The molecule has 2 N–H and O–H groups in total. The Hall–Kier alpha value is -3.60. The lowest BCUT2D eigenvalue weighted by Crippen LogP contribution is -2.38. The maximum atomic E-state index is 12.3. The van der Waals surface area contributed by atoms with E-state index in [0.29, 0.717) is 6.54 Å². The lowest BCUT2D eigenvalue weighted by atomic mass is 10.0. The van der Waals surface area contributed by atoms with E-state index in [0.717, 1.165) is 28.1 Å². The molecule has 5 nitrogen and oxygen atoms in total. The van der Waals surface area contributed by atoms with Gasteiger partial charge in [0.25, 0.3) is 0 Å². The summed E-state index contributed by atoms with van der Waals surface area (Å²) in [4.78, 5) is 17.1. The van der Waals surface area contributed by atoms with Crippen LogP contribution in [0.15, 0.2) is 89.9 Å². The van der Waals surface area contributed by atoms with Crippen molar-refractivity contribution in [3.8, 4) is 0 Å². The zero-order valence-electron chi connectivity index (χ0n) is 15.3. The van der Waals surface area contributed by atoms with E-state index in [2.05, 4.69) is 10.6 Å². The van der Waals surface area contributed by atoms with Gasteiger partial charge in [-0.05, 0) is 11.6 Å². The van der Waals surface area contributed by atoms with Crippen LogP contribution in [0.2, 0.25) is 0 Å². The van der Waals surface area contributed by atoms with Crippen LogP contribution in [0.1, 0.15) is 16.7 Å². The van der Waals surface area contributed by atoms with Gasteiger partial charge in [-0.15, -0.1) is 0 Å². The number of benzodiazepines with no additional fused rings is 1. The Kier molecular flexibility index (Phi) is 5.33. The number of alkyl carbamates (subject to hydrolysis) is 1. The first-order chi connectivity index (χ1) is 13.8. The van der Waals surface area contributed by atoms with Crippen LogP contribution in [0, 0.1) is 0 Å². The lowest BCUT2D eigenvalue weighted by molar-refractivity contribution is 0.136. The average molecular weight is 371 g/mol. The van der Waals surface area contributed by atoms with Crippen molar-refractivity contribution in [1.29, 1.82) is 0 Å². The summed E-state index contributed by atoms with van der Waals surface area (Å²) < 4.78 is 5.34. The van der Waals surface area contributed by atoms with Gasteiger partial charge in [0.1, 0.15) is 12.8 Å². The first kappa shape index (κ1) is 17.8. The summed E-state index contributed by atoms with van der Waals surface area (Å²) >= 11 is 0. The second kappa shape index (κ2) is 8.39. The molecular formula is C23H21N3O2. The number of aliphatic imine (C=N–C) groups is 1. The molecule has 1 unspecified atom stereocenters. The smallest absolute Gasteiger partial charge is 0.409 e. The van der Waals surface area contributed by atoms with Crippen LogP contribution >= 0.6 is 0 Å². The van der Waals surface area contributed by atoms with Crippen LogP contribution in [0.5, 0.6) is 0 Å². The third kappa shape index (κ3) is 4.20. The molecule has 0 spiro atoms. The topological polar surface area (TPSA) is 62.7 Å². The molecule has 1 amide bonds. The highest BCUT2D eigenvalue weighted by Crippen LogP contribution is 2.23. The Morgan fingerprint density at radius 2 is 1.64 bits per heavy atom. The highest BCUT2D eigenvalue weighted by Gasteiger charge is 2.20. The number of hydrogen-bond donors (Lipinski definition) is 2. The third-order valence-corrected chi connectivity index (χ3v) is 4.50. The van der Waals surface area contributed by atoms with E-state index < -0.39 is 12.3 Å². The Labute approximate surface area is 164 Å². The van der Waals surface area contributed by atoms with Gasteiger partial charge in [0.2, 0.25) is 0 Å². The van der Waals surface area contributed by atoms with Gasteiger partial charge in [-0.25, -0.2) is 4.79 Å². The fraction of sp³-hybridized carbons (Fsp3) is 0.130. The third-order valence-electron chi connectivity index (χ3n) is 4.50. The number of carbonyl (C=O) groups excluding carboxylic acids is 1. The molecule has 1 heterocycles. The van der Waals surface area contributed by atoms with E-state index in [1.165, 1.54) is 0 Å². The fourth-order valence-corrected chi connectivity index (χ4v) is 3.13. The first-order valence-electron chi connectivity index (χ1n) is 9.23. The predicted octanol–water partition coefficient (Wildman–Crippen LogP) is 4.20. The molecule has 0 saturated carbocycles. The average Bonchev–Trinajstić information content (AvgIpc) is 2.93. The van der Waals surface area contributed by atoms with Crippen molar-refractivity contribution in [2.45, 2.75) is 12.8 Å². The minimum atomic E-state index is -0.488. The van der Waals surface area contributed by atoms with Crippen molar-refractivity contribution >= 4 is 17.5 Å². The minimum absolute atomic E-state index is 0.225. The van der Waals surface area contributed by atoms with E-state index >= 15 is 0 Å². The van der Waals surface area contributed by atoms with Gasteiger partial charge >= 0.3 is 6.09 Å². The summed E-state index contributed by atoms with van der Waals surface area (Å²) in [5.74, 6) is 0. The van der Waals surface area contributed by atoms with E-state index in [9.17, 15) is 4.79 Å². The summed E-state index contributed by atoms with van der Waals surface area (Å²) in [6.07, 6.45) is -0.927. The number of benzene rings is 3. The Bertz CT molecular complexity index is 971. The van der Waals surface area contributed by atoms with Crippen LogP contribution < -0.4 is 10.6 Å². The summed E-state index contributed by atoms with van der Waals surface area (Å²) in [6.45, 7) is 0.704. The molecule has 3 aromatic carbocycles. The number of fused-ring (bicyclic) bond motifs is 1. The Morgan fingerprint density at radius 1 is 0.964 bits per heavy atom. The summed E-state index contributed by atoms with van der Waals surface area (Å²) in [5.41, 5.74) is 4.79. The largest absolute Gasteiger partial charge is 0.445 e. The molecule has 1 aliphatic heterocycles. The number of nitrogens with zero attached hydrogens (tertiary/aromatic N) is 1. The Morgan fingerprint density at radius 3 is 2.43 bits per heavy atom. The molecule has 140 valence electrons. The van der Waals surface area contributed by atoms with Crippen molar-refractivity contribution in [3.05, 3.63) is 102 Å². The number of carbonyl (C=O) groups is 1. The van der Waals surface area contributed by atoms with Gasteiger partial charge in [0, 0.05) is 16.8 Å². The molecule has 0 radical (unpaired) electrons. The van der Waals surface area contributed by atoms with Gasteiger partial charge in [-0.2, -0.15) is 0 Å². The summed E-state index contributed by atoms with van der Waals surface area (Å²) in [7, 11) is 0. The van der Waals surface area contributed by atoms with Crippen molar-refractivity contribution in [3.63, 3.8) is 0 Å².